The molecule has 0 saturated carbocycles. The molecule has 1 aliphatic carbocycles. The van der Waals surface area contributed by atoms with Crippen LogP contribution in [-0.2, 0) is 11.2 Å². The van der Waals surface area contributed by atoms with Gasteiger partial charge in [0, 0.05) is 17.7 Å². The molecular formula is C11H16N2O2. The monoisotopic (exact) mass is 208 g/mol. The number of aryl methyl sites for hydroxylation is 1. The van der Waals surface area contributed by atoms with Crippen molar-refractivity contribution in [2.24, 2.45) is 0 Å². The third-order valence-electron chi connectivity index (χ3n) is 2.97. The van der Waals surface area contributed by atoms with E-state index in [1.165, 1.54) is 5.56 Å². The second-order valence-corrected chi connectivity index (χ2v) is 4.43. The first-order valence-corrected chi connectivity index (χ1v) is 5.37. The molecule has 0 bridgehead atoms. The molecule has 1 unspecified atom stereocenters. The molecule has 1 aromatic rings. The van der Waals surface area contributed by atoms with Gasteiger partial charge in [0.2, 0.25) is 0 Å². The number of carboxylic acids is 1. The summed E-state index contributed by atoms with van der Waals surface area (Å²) in [6.45, 7) is 4.15. The lowest BCUT2D eigenvalue weighted by molar-refractivity contribution is -0.137. The molecule has 4 heteroatoms. The lowest BCUT2D eigenvalue weighted by atomic mass is 10.0. The fourth-order valence-corrected chi connectivity index (χ4v) is 2.34. The molecule has 0 amide bonds. The summed E-state index contributed by atoms with van der Waals surface area (Å²) < 4.78 is 1.97. The molecule has 0 fully saturated rings. The standard InChI is InChI=1S/C11H16N2O2/c1-7(2)13-11-8(5-10(14)15)3-4-9(11)6-12-13/h6-8H,3-5H2,1-2H3,(H,14,15). The zero-order valence-electron chi connectivity index (χ0n) is 9.10. The first-order valence-electron chi connectivity index (χ1n) is 5.37. The Morgan fingerprint density at radius 1 is 1.73 bits per heavy atom. The van der Waals surface area contributed by atoms with Gasteiger partial charge in [-0.25, -0.2) is 0 Å². The van der Waals surface area contributed by atoms with Crippen molar-refractivity contribution < 1.29 is 9.90 Å². The highest BCUT2D eigenvalue weighted by Crippen LogP contribution is 2.36. The maximum absolute atomic E-state index is 10.7. The first kappa shape index (κ1) is 10.2. The minimum Gasteiger partial charge on any atom is -0.481 e. The number of rotatable bonds is 3. The second-order valence-electron chi connectivity index (χ2n) is 4.43. The first-order chi connectivity index (χ1) is 7.09. The second kappa shape index (κ2) is 3.68. The van der Waals surface area contributed by atoms with Gasteiger partial charge in [-0.3, -0.25) is 9.48 Å². The average Bonchev–Trinajstić information content (AvgIpc) is 2.66. The van der Waals surface area contributed by atoms with Gasteiger partial charge in [-0.2, -0.15) is 5.10 Å². The van der Waals surface area contributed by atoms with Crippen LogP contribution in [0.2, 0.25) is 0 Å². The van der Waals surface area contributed by atoms with Gasteiger partial charge in [0.15, 0.2) is 0 Å². The molecule has 1 aliphatic rings. The van der Waals surface area contributed by atoms with Gasteiger partial charge in [0.25, 0.3) is 0 Å². The Balaban J connectivity index is 2.30. The Labute approximate surface area is 88.9 Å². The van der Waals surface area contributed by atoms with Crippen molar-refractivity contribution >= 4 is 5.97 Å². The lowest BCUT2D eigenvalue weighted by Gasteiger charge is -2.14. The largest absolute Gasteiger partial charge is 0.481 e. The molecule has 2 rings (SSSR count). The minimum atomic E-state index is -0.718. The molecule has 1 atom stereocenters. The van der Waals surface area contributed by atoms with Crippen LogP contribution in [-0.4, -0.2) is 20.9 Å². The smallest absolute Gasteiger partial charge is 0.304 e. The van der Waals surface area contributed by atoms with Gasteiger partial charge < -0.3 is 5.11 Å². The zero-order valence-corrected chi connectivity index (χ0v) is 9.10. The summed E-state index contributed by atoms with van der Waals surface area (Å²) in [6.07, 6.45) is 4.04. The number of carboxylic acid groups (broad SMARTS) is 1. The van der Waals surface area contributed by atoms with E-state index in [9.17, 15) is 4.79 Å². The number of aromatic nitrogens is 2. The van der Waals surface area contributed by atoms with Crippen LogP contribution in [0, 0.1) is 0 Å². The SMILES string of the molecule is CC(C)n1ncc2c1C(CC(=O)O)CC2. The number of aliphatic carboxylic acids is 1. The van der Waals surface area contributed by atoms with Crippen molar-refractivity contribution in [3.63, 3.8) is 0 Å². The molecule has 0 radical (unpaired) electrons. The number of nitrogens with zero attached hydrogens (tertiary/aromatic N) is 2. The fourth-order valence-electron chi connectivity index (χ4n) is 2.34. The summed E-state index contributed by atoms with van der Waals surface area (Å²) in [6, 6.07) is 0.308. The minimum absolute atomic E-state index is 0.155. The summed E-state index contributed by atoms with van der Waals surface area (Å²) in [5.74, 6) is -0.563. The molecule has 1 aromatic heterocycles. The van der Waals surface area contributed by atoms with Crippen LogP contribution in [0.25, 0.3) is 0 Å². The van der Waals surface area contributed by atoms with E-state index in [1.54, 1.807) is 0 Å². The van der Waals surface area contributed by atoms with E-state index in [4.69, 9.17) is 5.11 Å². The van der Waals surface area contributed by atoms with Crippen LogP contribution < -0.4 is 0 Å². The molecule has 4 nitrogen and oxygen atoms in total. The Hall–Kier alpha value is -1.32. The predicted octanol–water partition coefficient (Wildman–Crippen LogP) is 1.97. The zero-order chi connectivity index (χ0) is 11.0. The fraction of sp³-hybridized carbons (Fsp3) is 0.636. The Morgan fingerprint density at radius 2 is 2.47 bits per heavy atom. The van der Waals surface area contributed by atoms with E-state index in [2.05, 4.69) is 18.9 Å². The summed E-state index contributed by atoms with van der Waals surface area (Å²) >= 11 is 0. The number of hydrogen-bond donors (Lipinski definition) is 1. The summed E-state index contributed by atoms with van der Waals surface area (Å²) in [7, 11) is 0. The average molecular weight is 208 g/mol. The Bertz CT molecular complexity index is 382. The Morgan fingerprint density at radius 3 is 3.07 bits per heavy atom. The lowest BCUT2D eigenvalue weighted by Crippen LogP contribution is -2.12. The van der Waals surface area contributed by atoms with E-state index in [-0.39, 0.29) is 12.3 Å². The van der Waals surface area contributed by atoms with Gasteiger partial charge in [-0.15, -0.1) is 0 Å². The van der Waals surface area contributed by atoms with Gasteiger partial charge in [-0.1, -0.05) is 0 Å². The number of hydrogen-bond acceptors (Lipinski definition) is 2. The van der Waals surface area contributed by atoms with Crippen LogP contribution in [0.1, 0.15) is 49.9 Å². The van der Waals surface area contributed by atoms with E-state index in [0.717, 1.165) is 18.5 Å². The molecule has 0 spiro atoms. The van der Waals surface area contributed by atoms with Crippen LogP contribution >= 0.6 is 0 Å². The summed E-state index contributed by atoms with van der Waals surface area (Å²) in [5, 5.41) is 13.2. The summed E-state index contributed by atoms with van der Waals surface area (Å²) in [4.78, 5) is 10.7. The van der Waals surface area contributed by atoms with Crippen LogP contribution in [0.3, 0.4) is 0 Å². The van der Waals surface area contributed by atoms with Crippen LogP contribution in [0.5, 0.6) is 0 Å². The molecule has 0 aliphatic heterocycles. The quantitative estimate of drug-likeness (QED) is 0.826. The highest BCUT2D eigenvalue weighted by Gasteiger charge is 2.29. The molecule has 0 aromatic carbocycles. The molecule has 82 valence electrons. The van der Waals surface area contributed by atoms with Gasteiger partial charge in [0.05, 0.1) is 12.6 Å². The Kier molecular flexibility index (Phi) is 2.50. The summed E-state index contributed by atoms with van der Waals surface area (Å²) in [5.41, 5.74) is 2.38. The topological polar surface area (TPSA) is 55.1 Å². The van der Waals surface area contributed by atoms with Gasteiger partial charge in [0.1, 0.15) is 0 Å². The van der Waals surface area contributed by atoms with E-state index < -0.39 is 5.97 Å². The van der Waals surface area contributed by atoms with Crippen LogP contribution in [0.15, 0.2) is 6.20 Å². The van der Waals surface area contributed by atoms with E-state index >= 15 is 0 Å². The van der Waals surface area contributed by atoms with Crippen molar-refractivity contribution in [1.29, 1.82) is 0 Å². The van der Waals surface area contributed by atoms with Crippen molar-refractivity contribution in [3.05, 3.63) is 17.5 Å². The van der Waals surface area contributed by atoms with Crippen molar-refractivity contribution in [2.45, 2.75) is 45.1 Å². The third-order valence-corrected chi connectivity index (χ3v) is 2.97. The molecule has 1 N–H and O–H groups in total. The highest BCUT2D eigenvalue weighted by molar-refractivity contribution is 5.68. The van der Waals surface area contributed by atoms with E-state index in [0.29, 0.717) is 6.04 Å². The highest BCUT2D eigenvalue weighted by atomic mass is 16.4. The van der Waals surface area contributed by atoms with Crippen LogP contribution in [0.4, 0.5) is 0 Å². The van der Waals surface area contributed by atoms with Gasteiger partial charge in [-0.05, 0) is 32.3 Å². The maximum Gasteiger partial charge on any atom is 0.304 e. The van der Waals surface area contributed by atoms with E-state index in [1.807, 2.05) is 10.9 Å². The van der Waals surface area contributed by atoms with Gasteiger partial charge >= 0.3 is 5.97 Å². The third kappa shape index (κ3) is 1.76. The van der Waals surface area contributed by atoms with Crippen molar-refractivity contribution in [3.8, 4) is 0 Å². The normalized spacial score (nSPS) is 19.5. The molecule has 15 heavy (non-hydrogen) atoms. The number of fused-ring (bicyclic) bond motifs is 1. The van der Waals surface area contributed by atoms with Crippen molar-refractivity contribution in [2.75, 3.05) is 0 Å². The predicted molar refractivity (Wildman–Crippen MR) is 55.9 cm³/mol. The molecule has 1 heterocycles. The number of carbonyl (C=O) groups is 1. The molecular weight excluding hydrogens is 192 g/mol. The van der Waals surface area contributed by atoms with Crippen molar-refractivity contribution in [1.82, 2.24) is 9.78 Å². The maximum atomic E-state index is 10.7. The molecule has 0 saturated heterocycles.